The summed E-state index contributed by atoms with van der Waals surface area (Å²) in [6.45, 7) is 13.7. The molecule has 36 heavy (non-hydrogen) atoms. The number of hydrogen-bond acceptors (Lipinski definition) is 6. The van der Waals surface area contributed by atoms with Gasteiger partial charge in [-0.1, -0.05) is 29.3 Å². The van der Waals surface area contributed by atoms with Crippen LogP contribution in [0.25, 0.3) is 0 Å². The van der Waals surface area contributed by atoms with Crippen molar-refractivity contribution in [3.8, 4) is 6.07 Å². The van der Waals surface area contributed by atoms with Crippen LogP contribution in [0.4, 0.5) is 4.79 Å². The molecule has 0 aliphatic carbocycles. The molecule has 0 spiro atoms. The minimum Gasteiger partial charge on any atom is -0.444 e. The van der Waals surface area contributed by atoms with Crippen LogP contribution in [0.3, 0.4) is 0 Å². The summed E-state index contributed by atoms with van der Waals surface area (Å²) in [5, 5.41) is 14.9. The van der Waals surface area contributed by atoms with E-state index in [1.165, 1.54) is 0 Å². The van der Waals surface area contributed by atoms with Crippen LogP contribution in [0.15, 0.2) is 18.2 Å². The predicted molar refractivity (Wildman–Crippen MR) is 135 cm³/mol. The van der Waals surface area contributed by atoms with Gasteiger partial charge in [-0.05, 0) is 67.4 Å². The van der Waals surface area contributed by atoms with Gasteiger partial charge in [-0.15, -0.1) is 0 Å². The van der Waals surface area contributed by atoms with Crippen LogP contribution in [0.1, 0.15) is 77.1 Å². The third kappa shape index (κ3) is 10.3. The van der Waals surface area contributed by atoms with E-state index < -0.39 is 53.6 Å². The Morgan fingerprint density at radius 1 is 1.06 bits per heavy atom. The van der Waals surface area contributed by atoms with Gasteiger partial charge in [-0.3, -0.25) is 14.4 Å². The van der Waals surface area contributed by atoms with E-state index in [4.69, 9.17) is 10.5 Å². The number of nitrogens with two attached hydrogens (primary N) is 1. The van der Waals surface area contributed by atoms with Crippen LogP contribution in [-0.2, 0) is 19.1 Å². The quantitative estimate of drug-likeness (QED) is 0.442. The first kappa shape index (κ1) is 30.4. The smallest absolute Gasteiger partial charge is 0.408 e. The van der Waals surface area contributed by atoms with E-state index in [2.05, 4.69) is 10.6 Å². The molecule has 4 N–H and O–H groups in total. The van der Waals surface area contributed by atoms with Crippen molar-refractivity contribution in [2.75, 3.05) is 6.54 Å². The first-order valence-corrected chi connectivity index (χ1v) is 11.8. The SMILES string of the molecule is Cc1cc(C)cc(C(C(=O)NC(C)(C)C)N(CC#N)C(=O)C(CCC(N)=O)NC(=O)OC(C)(C)C)c1. The second-order valence-electron chi connectivity index (χ2n) is 10.9. The lowest BCUT2D eigenvalue weighted by Gasteiger charge is -2.34. The molecule has 1 rings (SSSR count). The number of aryl methyl sites for hydroxylation is 2. The second kappa shape index (κ2) is 12.4. The highest BCUT2D eigenvalue weighted by molar-refractivity contribution is 5.93. The van der Waals surface area contributed by atoms with E-state index in [1.54, 1.807) is 53.7 Å². The zero-order valence-electron chi connectivity index (χ0n) is 22.5. The summed E-state index contributed by atoms with van der Waals surface area (Å²) in [6, 6.07) is 5.01. The summed E-state index contributed by atoms with van der Waals surface area (Å²) in [5.74, 6) is -1.86. The number of carbonyl (C=O) groups excluding carboxylic acids is 4. The fourth-order valence-electron chi connectivity index (χ4n) is 3.65. The average molecular weight is 502 g/mol. The minimum absolute atomic E-state index is 0.129. The Labute approximate surface area is 213 Å². The highest BCUT2D eigenvalue weighted by Gasteiger charge is 2.37. The second-order valence-corrected chi connectivity index (χ2v) is 10.9. The van der Waals surface area contributed by atoms with Crippen LogP contribution < -0.4 is 16.4 Å². The van der Waals surface area contributed by atoms with Crippen molar-refractivity contribution in [1.82, 2.24) is 15.5 Å². The summed E-state index contributed by atoms with van der Waals surface area (Å²) in [6.07, 6.45) is -1.20. The molecule has 1 aromatic rings. The maximum Gasteiger partial charge on any atom is 0.408 e. The lowest BCUT2D eigenvalue weighted by Crippen LogP contribution is -2.54. The summed E-state index contributed by atoms with van der Waals surface area (Å²) >= 11 is 0. The molecule has 0 radical (unpaired) electrons. The number of nitrogens with zero attached hydrogens (tertiary/aromatic N) is 2. The first-order valence-electron chi connectivity index (χ1n) is 11.8. The van der Waals surface area contributed by atoms with Crippen molar-refractivity contribution in [2.45, 2.75) is 91.5 Å². The molecule has 0 heterocycles. The fraction of sp³-hybridized carbons (Fsp3) is 0.577. The maximum atomic E-state index is 13.8. The van der Waals surface area contributed by atoms with Gasteiger partial charge in [0.2, 0.25) is 17.7 Å². The molecule has 0 saturated heterocycles. The number of nitriles is 1. The van der Waals surface area contributed by atoms with Crippen LogP contribution >= 0.6 is 0 Å². The standard InChI is InChI=1S/C26H39N5O5/c1-16-13-17(2)15-18(14-16)21(22(33)30-25(3,4)5)31(12-11-27)23(34)19(9-10-20(28)32)29-24(35)36-26(6,7)8/h13-15,19,21H,9-10,12H2,1-8H3,(H2,28,32)(H,29,35)(H,30,33). The number of ether oxygens (including phenoxy) is 1. The minimum atomic E-state index is -1.25. The van der Waals surface area contributed by atoms with E-state index in [1.807, 2.05) is 26.0 Å². The highest BCUT2D eigenvalue weighted by Crippen LogP contribution is 2.26. The zero-order chi connectivity index (χ0) is 27.8. The lowest BCUT2D eigenvalue weighted by molar-refractivity contribution is -0.142. The zero-order valence-corrected chi connectivity index (χ0v) is 22.5. The molecular formula is C26H39N5O5. The fourth-order valence-corrected chi connectivity index (χ4v) is 3.65. The topological polar surface area (TPSA) is 155 Å². The Morgan fingerprint density at radius 2 is 1.61 bits per heavy atom. The maximum absolute atomic E-state index is 13.8. The van der Waals surface area contributed by atoms with E-state index in [-0.39, 0.29) is 12.8 Å². The van der Waals surface area contributed by atoms with Crippen LogP contribution in [0.5, 0.6) is 0 Å². The van der Waals surface area contributed by atoms with Gasteiger partial charge in [0, 0.05) is 12.0 Å². The van der Waals surface area contributed by atoms with E-state index in [9.17, 15) is 24.4 Å². The molecule has 10 heteroatoms. The molecule has 0 aromatic heterocycles. The Morgan fingerprint density at radius 3 is 2.06 bits per heavy atom. The van der Waals surface area contributed by atoms with E-state index >= 15 is 0 Å². The normalized spacial score (nSPS) is 13.1. The number of hydrogen-bond donors (Lipinski definition) is 3. The molecule has 198 valence electrons. The van der Waals surface area contributed by atoms with Crippen molar-refractivity contribution >= 4 is 23.8 Å². The summed E-state index contributed by atoms with van der Waals surface area (Å²) in [7, 11) is 0. The molecule has 2 atom stereocenters. The Balaban J connectivity index is 3.55. The molecule has 0 aliphatic heterocycles. The number of benzene rings is 1. The number of primary amides is 1. The van der Waals surface area contributed by atoms with Gasteiger partial charge in [-0.2, -0.15) is 5.26 Å². The van der Waals surface area contributed by atoms with Crippen LogP contribution in [0, 0.1) is 25.2 Å². The van der Waals surface area contributed by atoms with Gasteiger partial charge in [0.25, 0.3) is 0 Å². The van der Waals surface area contributed by atoms with Gasteiger partial charge in [0.1, 0.15) is 24.2 Å². The molecule has 0 aliphatic rings. The summed E-state index contributed by atoms with van der Waals surface area (Å²) in [5.41, 5.74) is 6.11. The van der Waals surface area contributed by atoms with Crippen molar-refractivity contribution in [3.63, 3.8) is 0 Å². The average Bonchev–Trinajstić information content (AvgIpc) is 2.66. The Kier molecular flexibility index (Phi) is 10.5. The molecular weight excluding hydrogens is 462 g/mol. The van der Waals surface area contributed by atoms with Gasteiger partial charge in [0.15, 0.2) is 0 Å². The van der Waals surface area contributed by atoms with E-state index in [0.29, 0.717) is 5.56 Å². The number of nitrogens with one attached hydrogen (secondary N) is 2. The monoisotopic (exact) mass is 501 g/mol. The molecule has 0 fully saturated rings. The molecule has 0 bridgehead atoms. The third-order valence-electron chi connectivity index (χ3n) is 4.81. The van der Waals surface area contributed by atoms with Gasteiger partial charge in [-0.25, -0.2) is 4.79 Å². The number of carbonyl (C=O) groups is 4. The predicted octanol–water partition coefficient (Wildman–Crippen LogP) is 2.77. The van der Waals surface area contributed by atoms with Crippen LogP contribution in [0.2, 0.25) is 0 Å². The van der Waals surface area contributed by atoms with Gasteiger partial charge < -0.3 is 26.0 Å². The van der Waals surface area contributed by atoms with E-state index in [0.717, 1.165) is 16.0 Å². The Bertz CT molecular complexity index is 997. The molecule has 10 nitrogen and oxygen atoms in total. The number of rotatable bonds is 9. The van der Waals surface area contributed by atoms with Crippen molar-refractivity contribution in [2.24, 2.45) is 5.73 Å². The number of amides is 4. The number of alkyl carbamates (subject to hydrolysis) is 1. The first-order chi connectivity index (χ1) is 16.4. The van der Waals surface area contributed by atoms with Gasteiger partial charge in [0.05, 0.1) is 6.07 Å². The van der Waals surface area contributed by atoms with Gasteiger partial charge >= 0.3 is 6.09 Å². The molecule has 0 saturated carbocycles. The summed E-state index contributed by atoms with van der Waals surface area (Å²) in [4.78, 5) is 52.3. The molecule has 4 amide bonds. The van der Waals surface area contributed by atoms with Crippen molar-refractivity contribution in [1.29, 1.82) is 5.26 Å². The largest absolute Gasteiger partial charge is 0.444 e. The highest BCUT2D eigenvalue weighted by atomic mass is 16.6. The Hall–Kier alpha value is -3.61. The van der Waals surface area contributed by atoms with Crippen molar-refractivity contribution < 1.29 is 23.9 Å². The van der Waals surface area contributed by atoms with Crippen molar-refractivity contribution in [3.05, 3.63) is 34.9 Å². The summed E-state index contributed by atoms with van der Waals surface area (Å²) < 4.78 is 5.27. The lowest BCUT2D eigenvalue weighted by atomic mass is 9.97. The molecule has 2 unspecified atom stereocenters. The third-order valence-corrected chi connectivity index (χ3v) is 4.81. The van der Waals surface area contributed by atoms with Crippen LogP contribution in [-0.4, -0.2) is 52.4 Å². The molecule has 1 aromatic carbocycles.